The van der Waals surface area contributed by atoms with E-state index in [1.54, 1.807) is 42.6 Å². The molecule has 0 unspecified atom stereocenters. The van der Waals surface area contributed by atoms with Gasteiger partial charge in [0.1, 0.15) is 18.1 Å². The van der Waals surface area contributed by atoms with Gasteiger partial charge in [-0.2, -0.15) is 5.10 Å². The van der Waals surface area contributed by atoms with E-state index in [9.17, 15) is 4.79 Å². The molecule has 1 amide bonds. The molecule has 0 bridgehead atoms. The molecule has 3 aromatic rings. The van der Waals surface area contributed by atoms with Crippen molar-refractivity contribution in [3.8, 4) is 11.5 Å². The fraction of sp³-hybridized carbons (Fsp3) is 0.130. The van der Waals surface area contributed by atoms with Gasteiger partial charge in [0.25, 0.3) is 5.91 Å². The van der Waals surface area contributed by atoms with Crippen LogP contribution in [-0.4, -0.2) is 18.7 Å². The number of halogens is 2. The molecule has 0 aliphatic carbocycles. The predicted octanol–water partition coefficient (Wildman–Crippen LogP) is 5.74. The van der Waals surface area contributed by atoms with E-state index in [0.29, 0.717) is 34.6 Å². The second-order valence-corrected chi connectivity index (χ2v) is 7.09. The van der Waals surface area contributed by atoms with E-state index in [1.165, 1.54) is 0 Å². The summed E-state index contributed by atoms with van der Waals surface area (Å²) < 4.78 is 11.1. The second-order valence-electron chi connectivity index (χ2n) is 6.25. The summed E-state index contributed by atoms with van der Waals surface area (Å²) in [4.78, 5) is 12.2. The molecule has 0 atom stereocenters. The highest BCUT2D eigenvalue weighted by Crippen LogP contribution is 2.23. The summed E-state index contributed by atoms with van der Waals surface area (Å²) in [5, 5.41) is 5.11. The topological polar surface area (TPSA) is 59.9 Å². The molecule has 30 heavy (non-hydrogen) atoms. The van der Waals surface area contributed by atoms with Crippen molar-refractivity contribution in [1.82, 2.24) is 5.43 Å². The van der Waals surface area contributed by atoms with Crippen LogP contribution in [-0.2, 0) is 6.61 Å². The highest BCUT2D eigenvalue weighted by Gasteiger charge is 2.06. The smallest absolute Gasteiger partial charge is 0.271 e. The molecule has 0 saturated heterocycles. The number of carbonyl (C=O) groups is 1. The van der Waals surface area contributed by atoms with Gasteiger partial charge in [-0.05, 0) is 73.2 Å². The second kappa shape index (κ2) is 10.7. The number of amides is 1. The first-order valence-corrected chi connectivity index (χ1v) is 10.0. The highest BCUT2D eigenvalue weighted by atomic mass is 35.5. The average Bonchev–Trinajstić information content (AvgIpc) is 2.75. The van der Waals surface area contributed by atoms with E-state index in [2.05, 4.69) is 10.5 Å². The predicted molar refractivity (Wildman–Crippen MR) is 120 cm³/mol. The molecule has 0 aromatic heterocycles. The molecule has 0 heterocycles. The molecule has 0 fully saturated rings. The van der Waals surface area contributed by atoms with Crippen LogP contribution in [0.25, 0.3) is 0 Å². The van der Waals surface area contributed by atoms with Gasteiger partial charge in [0, 0.05) is 21.2 Å². The number of hydrazone groups is 1. The van der Waals surface area contributed by atoms with E-state index in [0.717, 1.165) is 16.9 Å². The molecule has 3 rings (SSSR count). The van der Waals surface area contributed by atoms with Crippen LogP contribution in [0.4, 0.5) is 0 Å². The Bertz CT molecular complexity index is 1020. The van der Waals surface area contributed by atoms with E-state index >= 15 is 0 Å². The number of nitrogens with one attached hydrogen (secondary N) is 1. The number of hydrogen-bond donors (Lipinski definition) is 1. The molecule has 5 nitrogen and oxygen atoms in total. The number of ether oxygens (including phenoxy) is 2. The highest BCUT2D eigenvalue weighted by molar-refractivity contribution is 6.35. The number of rotatable bonds is 8. The summed E-state index contributed by atoms with van der Waals surface area (Å²) in [6.45, 7) is 2.84. The number of nitrogens with zero attached hydrogens (tertiary/aromatic N) is 1. The maximum atomic E-state index is 12.2. The molecule has 0 spiro atoms. The SMILES string of the molecule is CCOc1ccc(/C=N/NC(=O)c2ccc(OCc3ccc(Cl)cc3Cl)cc2)cc1. The van der Waals surface area contributed by atoms with Gasteiger partial charge >= 0.3 is 0 Å². The van der Waals surface area contributed by atoms with Crippen molar-refractivity contribution in [2.75, 3.05) is 6.61 Å². The molecule has 7 heteroatoms. The fourth-order valence-electron chi connectivity index (χ4n) is 2.55. The van der Waals surface area contributed by atoms with Gasteiger partial charge in [0.2, 0.25) is 0 Å². The average molecular weight is 443 g/mol. The first-order chi connectivity index (χ1) is 14.5. The van der Waals surface area contributed by atoms with Crippen LogP contribution in [0.1, 0.15) is 28.4 Å². The first-order valence-electron chi connectivity index (χ1n) is 9.28. The molecule has 154 valence electrons. The molecule has 0 saturated carbocycles. The quantitative estimate of drug-likeness (QED) is 0.357. The summed E-state index contributed by atoms with van der Waals surface area (Å²) >= 11 is 12.0. The number of benzene rings is 3. The molecule has 0 radical (unpaired) electrons. The van der Waals surface area contributed by atoms with E-state index in [4.69, 9.17) is 32.7 Å². The Morgan fingerprint density at radius 1 is 0.967 bits per heavy atom. The van der Waals surface area contributed by atoms with Crippen molar-refractivity contribution in [3.05, 3.63) is 93.5 Å². The van der Waals surface area contributed by atoms with Crippen molar-refractivity contribution in [1.29, 1.82) is 0 Å². The molecule has 0 aliphatic rings. The van der Waals surface area contributed by atoms with Gasteiger partial charge in [-0.3, -0.25) is 4.79 Å². The third-order valence-electron chi connectivity index (χ3n) is 4.10. The third kappa shape index (κ3) is 6.24. The van der Waals surface area contributed by atoms with Gasteiger partial charge in [0.05, 0.1) is 12.8 Å². The lowest BCUT2D eigenvalue weighted by atomic mass is 10.2. The van der Waals surface area contributed by atoms with Crippen LogP contribution in [0, 0.1) is 0 Å². The summed E-state index contributed by atoms with van der Waals surface area (Å²) in [7, 11) is 0. The van der Waals surface area contributed by atoms with E-state index < -0.39 is 0 Å². The van der Waals surface area contributed by atoms with Crippen molar-refractivity contribution >= 4 is 35.3 Å². The molecular formula is C23H20Cl2N2O3. The largest absolute Gasteiger partial charge is 0.494 e. The van der Waals surface area contributed by atoms with Crippen LogP contribution in [0.3, 0.4) is 0 Å². The summed E-state index contributed by atoms with van der Waals surface area (Å²) in [6, 6.07) is 19.4. The Morgan fingerprint density at radius 3 is 2.30 bits per heavy atom. The standard InChI is InChI=1S/C23H20Cl2N2O3/c1-2-29-20-9-3-16(4-10-20)14-26-27-23(28)17-6-11-21(12-7-17)30-15-18-5-8-19(24)13-22(18)25/h3-14H,2,15H2,1H3,(H,27,28)/b26-14+. The van der Waals surface area contributed by atoms with E-state index in [-0.39, 0.29) is 5.91 Å². The van der Waals surface area contributed by atoms with Gasteiger partial charge in [-0.15, -0.1) is 0 Å². The Balaban J connectivity index is 1.51. The number of carbonyl (C=O) groups excluding carboxylic acids is 1. The Morgan fingerprint density at radius 2 is 1.63 bits per heavy atom. The lowest BCUT2D eigenvalue weighted by molar-refractivity contribution is 0.0955. The zero-order valence-corrected chi connectivity index (χ0v) is 17.8. The minimum absolute atomic E-state index is 0.300. The Kier molecular flexibility index (Phi) is 7.71. The van der Waals surface area contributed by atoms with Crippen LogP contribution < -0.4 is 14.9 Å². The lowest BCUT2D eigenvalue weighted by Gasteiger charge is -2.08. The molecule has 1 N–H and O–H groups in total. The van der Waals surface area contributed by atoms with Crippen LogP contribution >= 0.6 is 23.2 Å². The lowest BCUT2D eigenvalue weighted by Crippen LogP contribution is -2.17. The molecule has 0 aliphatic heterocycles. The van der Waals surface area contributed by atoms with Gasteiger partial charge in [-0.25, -0.2) is 5.43 Å². The number of hydrogen-bond acceptors (Lipinski definition) is 4. The first kappa shape index (κ1) is 21.7. The van der Waals surface area contributed by atoms with Crippen molar-refractivity contribution < 1.29 is 14.3 Å². The normalized spacial score (nSPS) is 10.8. The van der Waals surface area contributed by atoms with E-state index in [1.807, 2.05) is 37.3 Å². The maximum Gasteiger partial charge on any atom is 0.271 e. The van der Waals surface area contributed by atoms with Crippen LogP contribution in [0.2, 0.25) is 10.0 Å². The third-order valence-corrected chi connectivity index (χ3v) is 4.68. The van der Waals surface area contributed by atoms with Gasteiger partial charge in [0.15, 0.2) is 0 Å². The minimum atomic E-state index is -0.315. The maximum absolute atomic E-state index is 12.2. The summed E-state index contributed by atoms with van der Waals surface area (Å²) in [6.07, 6.45) is 1.57. The monoisotopic (exact) mass is 442 g/mol. The van der Waals surface area contributed by atoms with Crippen LogP contribution in [0.5, 0.6) is 11.5 Å². The van der Waals surface area contributed by atoms with Gasteiger partial charge < -0.3 is 9.47 Å². The summed E-state index contributed by atoms with van der Waals surface area (Å²) in [5.41, 5.74) is 4.65. The van der Waals surface area contributed by atoms with Crippen molar-refractivity contribution in [3.63, 3.8) is 0 Å². The molecule has 3 aromatic carbocycles. The summed E-state index contributed by atoms with van der Waals surface area (Å²) in [5.74, 6) is 1.10. The Hall–Kier alpha value is -3.02. The fourth-order valence-corrected chi connectivity index (χ4v) is 3.01. The zero-order valence-electron chi connectivity index (χ0n) is 16.3. The van der Waals surface area contributed by atoms with Crippen molar-refractivity contribution in [2.45, 2.75) is 13.5 Å². The van der Waals surface area contributed by atoms with Gasteiger partial charge in [-0.1, -0.05) is 29.3 Å². The molecular weight excluding hydrogens is 423 g/mol. The Labute approximate surface area is 185 Å². The van der Waals surface area contributed by atoms with Crippen molar-refractivity contribution in [2.24, 2.45) is 5.10 Å². The zero-order chi connectivity index (χ0) is 21.3. The van der Waals surface area contributed by atoms with Crippen LogP contribution in [0.15, 0.2) is 71.8 Å². The minimum Gasteiger partial charge on any atom is -0.494 e.